The molecule has 3 rings (SSSR count). The Bertz CT molecular complexity index is 836. The summed E-state index contributed by atoms with van der Waals surface area (Å²) in [5.74, 6) is 0.0226. The highest BCUT2D eigenvalue weighted by Crippen LogP contribution is 2.23. The van der Waals surface area contributed by atoms with E-state index in [1.807, 2.05) is 54.6 Å². The predicted molar refractivity (Wildman–Crippen MR) is 98.4 cm³/mol. The first-order valence-electron chi connectivity index (χ1n) is 7.81. The van der Waals surface area contributed by atoms with Gasteiger partial charge in [-0.2, -0.15) is 0 Å². The van der Waals surface area contributed by atoms with Gasteiger partial charge < -0.3 is 10.6 Å². The summed E-state index contributed by atoms with van der Waals surface area (Å²) in [5, 5.41) is 7.93. The second-order valence-corrected chi connectivity index (χ2v) is 5.90. The molecule has 1 aromatic heterocycles. The zero-order chi connectivity index (χ0) is 16.8. The number of fused-ring (bicyclic) bond motifs is 1. The minimum absolute atomic E-state index is 0.0226. The first kappa shape index (κ1) is 16.3. The minimum Gasteiger partial charge on any atom is -0.383 e. The first-order chi connectivity index (χ1) is 11.7. The van der Waals surface area contributed by atoms with Gasteiger partial charge in [-0.3, -0.25) is 9.78 Å². The van der Waals surface area contributed by atoms with Crippen LogP contribution in [-0.2, 0) is 11.2 Å². The van der Waals surface area contributed by atoms with Crippen LogP contribution in [0, 0.1) is 0 Å². The topological polar surface area (TPSA) is 54.0 Å². The van der Waals surface area contributed by atoms with Crippen LogP contribution in [0.25, 0.3) is 10.9 Å². The number of hydrogen-bond acceptors (Lipinski definition) is 3. The number of nitrogens with zero attached hydrogens (tertiary/aromatic N) is 1. The van der Waals surface area contributed by atoms with E-state index in [0.717, 1.165) is 22.2 Å². The lowest BCUT2D eigenvalue weighted by Crippen LogP contribution is -2.30. The Kier molecular flexibility index (Phi) is 5.29. The van der Waals surface area contributed by atoms with Crippen LogP contribution in [0.15, 0.2) is 60.8 Å². The quantitative estimate of drug-likeness (QED) is 0.674. The average Bonchev–Trinajstić information content (AvgIpc) is 2.59. The Balaban J connectivity index is 1.51. The van der Waals surface area contributed by atoms with Gasteiger partial charge >= 0.3 is 0 Å². The molecule has 24 heavy (non-hydrogen) atoms. The summed E-state index contributed by atoms with van der Waals surface area (Å²) in [7, 11) is 0. The van der Waals surface area contributed by atoms with Gasteiger partial charge in [0.15, 0.2) is 0 Å². The molecule has 0 fully saturated rings. The zero-order valence-electron chi connectivity index (χ0n) is 13.1. The maximum atomic E-state index is 11.9. The van der Waals surface area contributed by atoms with Crippen molar-refractivity contribution in [3.63, 3.8) is 0 Å². The maximum Gasteiger partial charge on any atom is 0.224 e. The molecule has 1 amide bonds. The number of halogens is 1. The van der Waals surface area contributed by atoms with E-state index >= 15 is 0 Å². The molecular formula is C19H18ClN3O. The molecule has 122 valence electrons. The lowest BCUT2D eigenvalue weighted by Gasteiger charge is -2.10. The van der Waals surface area contributed by atoms with Crippen molar-refractivity contribution in [1.82, 2.24) is 10.3 Å². The Morgan fingerprint density at radius 2 is 1.88 bits per heavy atom. The molecule has 0 atom stereocenters. The zero-order valence-corrected chi connectivity index (χ0v) is 13.9. The lowest BCUT2D eigenvalue weighted by molar-refractivity contribution is -0.120. The highest BCUT2D eigenvalue weighted by atomic mass is 35.5. The number of benzene rings is 2. The van der Waals surface area contributed by atoms with Crippen molar-refractivity contribution in [1.29, 1.82) is 0 Å². The minimum atomic E-state index is 0.0226. The highest BCUT2D eigenvalue weighted by molar-refractivity contribution is 6.31. The van der Waals surface area contributed by atoms with E-state index in [4.69, 9.17) is 11.6 Å². The fourth-order valence-corrected chi connectivity index (χ4v) is 2.68. The molecule has 0 aliphatic carbocycles. The van der Waals surface area contributed by atoms with Crippen molar-refractivity contribution in [2.24, 2.45) is 0 Å². The summed E-state index contributed by atoms with van der Waals surface area (Å²) in [5.41, 5.74) is 2.84. The molecule has 1 heterocycles. The molecule has 0 saturated heterocycles. The normalized spacial score (nSPS) is 10.5. The van der Waals surface area contributed by atoms with Crippen LogP contribution in [0.2, 0.25) is 5.02 Å². The van der Waals surface area contributed by atoms with Gasteiger partial charge in [0.25, 0.3) is 0 Å². The third-order valence-electron chi connectivity index (χ3n) is 3.67. The summed E-state index contributed by atoms with van der Waals surface area (Å²) < 4.78 is 0. The Hall–Kier alpha value is -2.59. The Labute approximate surface area is 145 Å². The van der Waals surface area contributed by atoms with Crippen LogP contribution in [0.5, 0.6) is 0 Å². The number of aromatic nitrogens is 1. The van der Waals surface area contributed by atoms with Crippen molar-refractivity contribution >= 4 is 34.1 Å². The summed E-state index contributed by atoms with van der Waals surface area (Å²) in [4.78, 5) is 16.2. The van der Waals surface area contributed by atoms with E-state index in [-0.39, 0.29) is 5.91 Å². The van der Waals surface area contributed by atoms with Gasteiger partial charge in [-0.15, -0.1) is 0 Å². The van der Waals surface area contributed by atoms with Gasteiger partial charge in [0.1, 0.15) is 0 Å². The fourth-order valence-electron chi connectivity index (χ4n) is 2.52. The van der Waals surface area contributed by atoms with Gasteiger partial charge in [-0.1, -0.05) is 41.9 Å². The lowest BCUT2D eigenvalue weighted by atomic mass is 10.1. The number of amides is 1. The molecule has 0 saturated carbocycles. The average molecular weight is 340 g/mol. The van der Waals surface area contributed by atoms with Gasteiger partial charge in [0.05, 0.1) is 11.9 Å². The van der Waals surface area contributed by atoms with Gasteiger partial charge in [-0.05, 0) is 29.8 Å². The Morgan fingerprint density at radius 1 is 1.04 bits per heavy atom. The number of pyridine rings is 1. The van der Waals surface area contributed by atoms with Crippen LogP contribution in [0.4, 0.5) is 5.69 Å². The maximum absolute atomic E-state index is 11.9. The SMILES string of the molecule is O=C(Cc1ccccc1)NCCNc1ccnc2cc(Cl)ccc12. The largest absolute Gasteiger partial charge is 0.383 e. The van der Waals surface area contributed by atoms with Gasteiger partial charge in [0, 0.05) is 35.4 Å². The predicted octanol–water partition coefficient (Wildman–Crippen LogP) is 3.66. The summed E-state index contributed by atoms with van der Waals surface area (Å²) in [6.07, 6.45) is 2.15. The van der Waals surface area contributed by atoms with Crippen LogP contribution in [-0.4, -0.2) is 24.0 Å². The van der Waals surface area contributed by atoms with Crippen molar-refractivity contribution in [3.8, 4) is 0 Å². The molecule has 0 spiro atoms. The third-order valence-corrected chi connectivity index (χ3v) is 3.91. The van der Waals surface area contributed by atoms with Crippen LogP contribution >= 0.6 is 11.6 Å². The second-order valence-electron chi connectivity index (χ2n) is 5.46. The number of carbonyl (C=O) groups is 1. The van der Waals surface area contributed by atoms with Crippen molar-refractivity contribution in [2.75, 3.05) is 18.4 Å². The smallest absolute Gasteiger partial charge is 0.224 e. The van der Waals surface area contributed by atoms with Crippen molar-refractivity contribution < 1.29 is 4.79 Å². The number of rotatable bonds is 6. The second kappa shape index (κ2) is 7.79. The molecule has 0 bridgehead atoms. The standard InChI is InChI=1S/C19H18ClN3O/c20-15-6-7-16-17(8-9-21-18(16)13-15)22-10-11-23-19(24)12-14-4-2-1-3-5-14/h1-9,13H,10-12H2,(H,21,22)(H,23,24). The molecule has 0 unspecified atom stereocenters. The monoisotopic (exact) mass is 339 g/mol. The van der Waals surface area contributed by atoms with E-state index in [1.54, 1.807) is 6.20 Å². The number of anilines is 1. The van der Waals surface area contributed by atoms with E-state index in [0.29, 0.717) is 24.5 Å². The Morgan fingerprint density at radius 3 is 2.71 bits per heavy atom. The van der Waals surface area contributed by atoms with Crippen LogP contribution in [0.3, 0.4) is 0 Å². The van der Waals surface area contributed by atoms with Crippen molar-refractivity contribution in [3.05, 3.63) is 71.4 Å². The van der Waals surface area contributed by atoms with E-state index in [9.17, 15) is 4.79 Å². The summed E-state index contributed by atoms with van der Waals surface area (Å²) in [6.45, 7) is 1.20. The molecule has 4 nitrogen and oxygen atoms in total. The number of carbonyl (C=O) groups excluding carboxylic acids is 1. The molecule has 0 aliphatic rings. The molecular weight excluding hydrogens is 322 g/mol. The third kappa shape index (κ3) is 4.24. The first-order valence-corrected chi connectivity index (χ1v) is 8.19. The van der Waals surface area contributed by atoms with E-state index in [1.165, 1.54) is 0 Å². The van der Waals surface area contributed by atoms with Crippen LogP contribution < -0.4 is 10.6 Å². The highest BCUT2D eigenvalue weighted by Gasteiger charge is 2.04. The number of nitrogens with one attached hydrogen (secondary N) is 2. The molecule has 5 heteroatoms. The number of hydrogen-bond donors (Lipinski definition) is 2. The van der Waals surface area contributed by atoms with Crippen molar-refractivity contribution in [2.45, 2.75) is 6.42 Å². The van der Waals surface area contributed by atoms with Gasteiger partial charge in [-0.25, -0.2) is 0 Å². The van der Waals surface area contributed by atoms with E-state index < -0.39 is 0 Å². The molecule has 3 aromatic rings. The molecule has 2 N–H and O–H groups in total. The van der Waals surface area contributed by atoms with Gasteiger partial charge in [0.2, 0.25) is 5.91 Å². The molecule has 0 aliphatic heterocycles. The summed E-state index contributed by atoms with van der Waals surface area (Å²) >= 11 is 5.99. The molecule has 2 aromatic carbocycles. The molecule has 0 radical (unpaired) electrons. The van der Waals surface area contributed by atoms with Crippen LogP contribution in [0.1, 0.15) is 5.56 Å². The summed E-state index contributed by atoms with van der Waals surface area (Å²) in [6, 6.07) is 17.3. The fraction of sp³-hybridized carbons (Fsp3) is 0.158. The van der Waals surface area contributed by atoms with E-state index in [2.05, 4.69) is 15.6 Å².